The van der Waals surface area contributed by atoms with Crippen LogP contribution in [-0.2, 0) is 14.9 Å². The lowest BCUT2D eigenvalue weighted by molar-refractivity contribution is -0.384. The van der Waals surface area contributed by atoms with E-state index in [1.807, 2.05) is 0 Å². The van der Waals surface area contributed by atoms with Crippen molar-refractivity contribution in [1.29, 1.82) is 0 Å². The fourth-order valence-electron chi connectivity index (χ4n) is 1.78. The molecule has 122 valence electrons. The summed E-state index contributed by atoms with van der Waals surface area (Å²) < 4.78 is 30.4. The monoisotopic (exact) mass is 374 g/mol. The predicted molar refractivity (Wildman–Crippen MR) is 89.4 cm³/mol. The minimum atomic E-state index is -4.21. The van der Waals surface area contributed by atoms with Crippen LogP contribution in [0.25, 0.3) is 6.08 Å². The number of nitro benzene ring substituents is 1. The van der Waals surface area contributed by atoms with Gasteiger partial charge in [-0.25, -0.2) is 0 Å². The number of thioether (sulfide) groups is 1. The second-order valence-electron chi connectivity index (χ2n) is 4.47. The molecule has 1 saturated heterocycles. The molecule has 1 amide bonds. The molecular formula is C12H10N2O6S3. The van der Waals surface area contributed by atoms with Crippen LogP contribution in [-0.4, -0.2) is 45.3 Å². The van der Waals surface area contributed by atoms with Crippen molar-refractivity contribution in [2.45, 2.75) is 0 Å². The topological polar surface area (TPSA) is 118 Å². The number of hydrogen-bond acceptors (Lipinski definition) is 7. The van der Waals surface area contributed by atoms with E-state index in [0.29, 0.717) is 5.56 Å². The van der Waals surface area contributed by atoms with Gasteiger partial charge >= 0.3 is 0 Å². The van der Waals surface area contributed by atoms with Crippen LogP contribution in [0.1, 0.15) is 5.56 Å². The summed E-state index contributed by atoms with van der Waals surface area (Å²) in [6.45, 7) is -0.254. The highest BCUT2D eigenvalue weighted by Crippen LogP contribution is 2.32. The Kier molecular flexibility index (Phi) is 5.14. The van der Waals surface area contributed by atoms with Crippen molar-refractivity contribution in [1.82, 2.24) is 4.90 Å². The van der Waals surface area contributed by atoms with Crippen molar-refractivity contribution in [3.8, 4) is 0 Å². The molecule has 23 heavy (non-hydrogen) atoms. The molecule has 1 heterocycles. The molecule has 0 aromatic heterocycles. The maximum atomic E-state index is 12.2. The first-order chi connectivity index (χ1) is 10.7. The number of rotatable bonds is 5. The van der Waals surface area contributed by atoms with Gasteiger partial charge in [0.1, 0.15) is 4.32 Å². The molecule has 8 nitrogen and oxygen atoms in total. The maximum absolute atomic E-state index is 12.2. The van der Waals surface area contributed by atoms with Crippen LogP contribution in [0.4, 0.5) is 5.69 Å². The number of hydrogen-bond donors (Lipinski definition) is 1. The van der Waals surface area contributed by atoms with Gasteiger partial charge in [-0.3, -0.25) is 24.4 Å². The molecule has 1 aliphatic rings. The number of benzene rings is 1. The van der Waals surface area contributed by atoms with Gasteiger partial charge in [-0.1, -0.05) is 36.1 Å². The Morgan fingerprint density at radius 1 is 1.43 bits per heavy atom. The van der Waals surface area contributed by atoms with Crippen molar-refractivity contribution < 1.29 is 22.7 Å². The zero-order valence-electron chi connectivity index (χ0n) is 11.4. The lowest BCUT2D eigenvalue weighted by Crippen LogP contribution is -2.32. The Bertz CT molecular complexity index is 818. The molecular weight excluding hydrogens is 364 g/mol. The van der Waals surface area contributed by atoms with Gasteiger partial charge < -0.3 is 0 Å². The average Bonchev–Trinajstić information content (AvgIpc) is 2.70. The van der Waals surface area contributed by atoms with Crippen molar-refractivity contribution in [3.05, 3.63) is 44.8 Å². The van der Waals surface area contributed by atoms with E-state index in [1.54, 1.807) is 6.07 Å². The van der Waals surface area contributed by atoms with E-state index in [4.69, 9.17) is 16.8 Å². The summed E-state index contributed by atoms with van der Waals surface area (Å²) in [5.74, 6) is -1.13. The Hall–Kier alpha value is -1.82. The molecule has 0 radical (unpaired) electrons. The highest BCUT2D eigenvalue weighted by Gasteiger charge is 2.32. The molecule has 0 saturated carbocycles. The standard InChI is InChI=1S/C12H10N2O6S3/c15-11-10(7-8-2-1-3-9(6-8)14(16)17)22-12(21)13(11)4-5-23(18,19)20/h1-3,6-7H,4-5H2,(H,18,19,20). The number of carbonyl (C=O) groups excluding carboxylic acids is 1. The Morgan fingerprint density at radius 2 is 2.13 bits per heavy atom. The minimum Gasteiger partial charge on any atom is -0.292 e. The van der Waals surface area contributed by atoms with Gasteiger partial charge in [0.25, 0.3) is 21.7 Å². The van der Waals surface area contributed by atoms with E-state index in [1.165, 1.54) is 24.3 Å². The number of non-ortho nitro benzene ring substituents is 1. The zero-order chi connectivity index (χ0) is 17.2. The Balaban J connectivity index is 2.21. The smallest absolute Gasteiger partial charge is 0.270 e. The molecule has 0 unspecified atom stereocenters. The SMILES string of the molecule is O=C1C(=Cc2cccc([N+](=O)[O-])c2)SC(=S)N1CCS(=O)(=O)O. The Morgan fingerprint density at radius 3 is 2.74 bits per heavy atom. The highest BCUT2D eigenvalue weighted by molar-refractivity contribution is 8.26. The van der Waals surface area contributed by atoms with Crippen molar-refractivity contribution in [3.63, 3.8) is 0 Å². The molecule has 0 spiro atoms. The second kappa shape index (κ2) is 6.74. The summed E-state index contributed by atoms with van der Waals surface area (Å²) in [7, 11) is -4.21. The van der Waals surface area contributed by atoms with Crippen LogP contribution < -0.4 is 0 Å². The number of carbonyl (C=O) groups is 1. The summed E-state index contributed by atoms with van der Waals surface area (Å²) in [4.78, 5) is 23.7. The van der Waals surface area contributed by atoms with E-state index >= 15 is 0 Å². The molecule has 1 aromatic rings. The van der Waals surface area contributed by atoms with Gasteiger partial charge in [0.15, 0.2) is 0 Å². The normalized spacial score (nSPS) is 17.1. The number of thiocarbonyl (C=S) groups is 1. The first-order valence-corrected chi connectivity index (χ1v) is 8.96. The second-order valence-corrected chi connectivity index (χ2v) is 7.72. The van der Waals surface area contributed by atoms with Crippen molar-refractivity contribution in [2.24, 2.45) is 0 Å². The zero-order valence-corrected chi connectivity index (χ0v) is 13.9. The number of nitro groups is 1. The lowest BCUT2D eigenvalue weighted by atomic mass is 10.2. The van der Waals surface area contributed by atoms with E-state index < -0.39 is 26.7 Å². The van der Waals surface area contributed by atoms with Crippen LogP contribution >= 0.6 is 24.0 Å². The molecule has 1 aliphatic heterocycles. The van der Waals surface area contributed by atoms with Gasteiger partial charge in [-0.2, -0.15) is 8.42 Å². The third-order valence-electron chi connectivity index (χ3n) is 2.83. The first-order valence-electron chi connectivity index (χ1n) is 6.12. The van der Waals surface area contributed by atoms with Gasteiger partial charge in [-0.15, -0.1) is 0 Å². The number of amides is 1. The van der Waals surface area contributed by atoms with Crippen molar-refractivity contribution >= 4 is 56.1 Å². The molecule has 0 bridgehead atoms. The quantitative estimate of drug-likeness (QED) is 0.272. The van der Waals surface area contributed by atoms with Gasteiger partial charge in [-0.05, 0) is 11.6 Å². The lowest BCUT2D eigenvalue weighted by Gasteiger charge is -2.12. The third-order valence-corrected chi connectivity index (χ3v) is 4.90. The van der Waals surface area contributed by atoms with Gasteiger partial charge in [0.05, 0.1) is 15.6 Å². The molecule has 0 atom stereocenters. The van der Waals surface area contributed by atoms with Crippen LogP contribution in [0.3, 0.4) is 0 Å². The number of nitrogens with zero attached hydrogens (tertiary/aromatic N) is 2. The maximum Gasteiger partial charge on any atom is 0.270 e. The van der Waals surface area contributed by atoms with Gasteiger partial charge in [0, 0.05) is 18.7 Å². The van der Waals surface area contributed by atoms with Crippen LogP contribution in [0.15, 0.2) is 29.2 Å². The molecule has 11 heteroatoms. The van der Waals surface area contributed by atoms with Gasteiger partial charge in [0.2, 0.25) is 0 Å². The molecule has 1 N–H and O–H groups in total. The summed E-state index contributed by atoms with van der Waals surface area (Å²) >= 11 is 5.97. The van der Waals surface area contributed by atoms with Crippen molar-refractivity contribution in [2.75, 3.05) is 12.3 Å². The fourth-order valence-corrected chi connectivity index (χ4v) is 3.50. The highest BCUT2D eigenvalue weighted by atomic mass is 32.2. The molecule has 1 aromatic carbocycles. The van der Waals surface area contributed by atoms with Crippen LogP contribution in [0.5, 0.6) is 0 Å². The average molecular weight is 374 g/mol. The fraction of sp³-hybridized carbons (Fsp3) is 0.167. The Labute approximate surface area is 141 Å². The van der Waals surface area contributed by atoms with Crippen LogP contribution in [0, 0.1) is 10.1 Å². The summed E-state index contributed by atoms with van der Waals surface area (Å²) in [6, 6.07) is 5.72. The molecule has 1 fully saturated rings. The summed E-state index contributed by atoms with van der Waals surface area (Å²) in [5, 5.41) is 10.7. The predicted octanol–water partition coefficient (Wildman–Crippen LogP) is 1.68. The van der Waals surface area contributed by atoms with E-state index in [2.05, 4.69) is 0 Å². The first kappa shape index (κ1) is 17.5. The summed E-state index contributed by atoms with van der Waals surface area (Å²) in [6.07, 6.45) is 1.44. The molecule has 2 rings (SSSR count). The minimum absolute atomic E-state index is 0.111. The third kappa shape index (κ3) is 4.58. The van der Waals surface area contributed by atoms with E-state index in [0.717, 1.165) is 16.7 Å². The van der Waals surface area contributed by atoms with E-state index in [-0.39, 0.29) is 21.5 Å². The largest absolute Gasteiger partial charge is 0.292 e. The van der Waals surface area contributed by atoms with E-state index in [9.17, 15) is 23.3 Å². The van der Waals surface area contributed by atoms with Crippen LogP contribution in [0.2, 0.25) is 0 Å². The molecule has 0 aliphatic carbocycles. The summed E-state index contributed by atoms with van der Waals surface area (Å²) in [5.41, 5.74) is 0.343.